The normalized spacial score (nSPS) is 10.1. The summed E-state index contributed by atoms with van der Waals surface area (Å²) in [6.07, 6.45) is 0.913. The van der Waals surface area contributed by atoms with Crippen molar-refractivity contribution >= 4 is 0 Å². The average molecular weight is 196 g/mol. The van der Waals surface area contributed by atoms with Gasteiger partial charge in [-0.2, -0.15) is 0 Å². The van der Waals surface area contributed by atoms with Crippen LogP contribution in [0.25, 0.3) is 0 Å². The van der Waals surface area contributed by atoms with Crippen molar-refractivity contribution in [2.75, 3.05) is 26.9 Å². The van der Waals surface area contributed by atoms with Crippen LogP contribution in [0, 0.1) is 0 Å². The second-order valence-electron chi connectivity index (χ2n) is 2.96. The molecule has 1 aromatic carbocycles. The van der Waals surface area contributed by atoms with E-state index in [0.717, 1.165) is 18.8 Å². The molecule has 0 unspecified atom stereocenters. The predicted octanol–water partition coefficient (Wildman–Crippen LogP) is 1.25. The lowest BCUT2D eigenvalue weighted by Crippen LogP contribution is -2.01. The summed E-state index contributed by atoms with van der Waals surface area (Å²) in [7, 11) is 1.69. The first-order chi connectivity index (χ1) is 6.86. The van der Waals surface area contributed by atoms with E-state index < -0.39 is 0 Å². The van der Waals surface area contributed by atoms with Crippen molar-refractivity contribution < 1.29 is 14.6 Å². The van der Waals surface area contributed by atoms with Gasteiger partial charge in [-0.05, 0) is 24.1 Å². The topological polar surface area (TPSA) is 38.7 Å². The Labute approximate surface area is 84.3 Å². The highest BCUT2D eigenvalue weighted by Gasteiger charge is 1.94. The lowest BCUT2D eigenvalue weighted by atomic mass is 10.1. The molecule has 0 aliphatic rings. The van der Waals surface area contributed by atoms with Crippen LogP contribution in [0.1, 0.15) is 5.56 Å². The minimum atomic E-state index is 0.0470. The monoisotopic (exact) mass is 196 g/mol. The molecule has 0 spiro atoms. The molecule has 3 heteroatoms. The number of benzene rings is 1. The van der Waals surface area contributed by atoms with Crippen molar-refractivity contribution in [1.82, 2.24) is 0 Å². The predicted molar refractivity (Wildman–Crippen MR) is 54.6 cm³/mol. The summed E-state index contributed by atoms with van der Waals surface area (Å²) in [5, 5.41) is 8.56. The van der Waals surface area contributed by atoms with Crippen LogP contribution in [0.3, 0.4) is 0 Å². The van der Waals surface area contributed by atoms with Crippen molar-refractivity contribution in [1.29, 1.82) is 0 Å². The molecule has 0 aliphatic carbocycles. The van der Waals surface area contributed by atoms with Crippen LogP contribution in [-0.2, 0) is 11.2 Å². The number of rotatable bonds is 6. The second kappa shape index (κ2) is 6.40. The number of methoxy groups -OCH3 is 1. The maximum atomic E-state index is 8.56. The van der Waals surface area contributed by atoms with Gasteiger partial charge in [0.05, 0.1) is 13.2 Å². The van der Waals surface area contributed by atoms with E-state index in [-0.39, 0.29) is 6.61 Å². The quantitative estimate of drug-likeness (QED) is 0.744. The van der Waals surface area contributed by atoms with Gasteiger partial charge in [-0.15, -0.1) is 0 Å². The Morgan fingerprint density at radius 1 is 1.14 bits per heavy atom. The molecular formula is C11H16O3. The first-order valence-corrected chi connectivity index (χ1v) is 4.68. The molecule has 0 atom stereocenters. The molecule has 0 amide bonds. The Morgan fingerprint density at radius 3 is 2.43 bits per heavy atom. The van der Waals surface area contributed by atoms with Gasteiger partial charge in [0.25, 0.3) is 0 Å². The summed E-state index contributed by atoms with van der Waals surface area (Å²) < 4.78 is 10.2. The zero-order chi connectivity index (χ0) is 10.2. The zero-order valence-corrected chi connectivity index (χ0v) is 8.40. The fourth-order valence-electron chi connectivity index (χ4n) is 1.14. The third-order valence-corrected chi connectivity index (χ3v) is 1.88. The molecule has 1 N–H and O–H groups in total. The van der Waals surface area contributed by atoms with Crippen LogP contribution in [0.15, 0.2) is 24.3 Å². The van der Waals surface area contributed by atoms with Crippen LogP contribution in [-0.4, -0.2) is 32.0 Å². The van der Waals surface area contributed by atoms with E-state index in [4.69, 9.17) is 14.6 Å². The third kappa shape index (κ3) is 3.77. The van der Waals surface area contributed by atoms with Crippen molar-refractivity contribution in [3.8, 4) is 5.75 Å². The Hall–Kier alpha value is -1.06. The molecule has 0 heterocycles. The van der Waals surface area contributed by atoms with Gasteiger partial charge in [-0.3, -0.25) is 0 Å². The van der Waals surface area contributed by atoms with E-state index in [1.54, 1.807) is 7.11 Å². The van der Waals surface area contributed by atoms with E-state index >= 15 is 0 Å². The highest BCUT2D eigenvalue weighted by molar-refractivity contribution is 5.27. The Bertz CT molecular complexity index is 216. The number of aliphatic hydroxyl groups is 1. The summed E-state index contributed by atoms with van der Waals surface area (Å²) in [6.45, 7) is 1.12. The van der Waals surface area contributed by atoms with Gasteiger partial charge >= 0.3 is 0 Å². The van der Waals surface area contributed by atoms with Gasteiger partial charge in [0.2, 0.25) is 0 Å². The Balaban J connectivity index is 2.42. The van der Waals surface area contributed by atoms with Crippen LogP contribution < -0.4 is 4.74 Å². The van der Waals surface area contributed by atoms with Crippen molar-refractivity contribution in [2.24, 2.45) is 0 Å². The zero-order valence-electron chi connectivity index (χ0n) is 8.40. The van der Waals surface area contributed by atoms with Gasteiger partial charge in [0.1, 0.15) is 12.4 Å². The minimum absolute atomic E-state index is 0.0470. The summed E-state index contributed by atoms with van der Waals surface area (Å²) in [6, 6.07) is 7.82. The van der Waals surface area contributed by atoms with E-state index in [1.807, 2.05) is 24.3 Å². The van der Waals surface area contributed by atoms with E-state index in [2.05, 4.69) is 0 Å². The SMILES string of the molecule is COCCc1ccc(OCCO)cc1. The summed E-state index contributed by atoms with van der Waals surface area (Å²) in [5.41, 5.74) is 1.23. The number of hydrogen-bond acceptors (Lipinski definition) is 3. The first kappa shape index (κ1) is 11.0. The van der Waals surface area contributed by atoms with Crippen molar-refractivity contribution in [3.63, 3.8) is 0 Å². The summed E-state index contributed by atoms with van der Waals surface area (Å²) >= 11 is 0. The van der Waals surface area contributed by atoms with Crippen LogP contribution >= 0.6 is 0 Å². The fraction of sp³-hybridized carbons (Fsp3) is 0.455. The molecule has 3 nitrogen and oxygen atoms in total. The van der Waals surface area contributed by atoms with E-state index in [9.17, 15) is 0 Å². The summed E-state index contributed by atoms with van der Waals surface area (Å²) in [5.74, 6) is 0.792. The van der Waals surface area contributed by atoms with Gasteiger partial charge < -0.3 is 14.6 Å². The molecule has 1 rings (SSSR count). The Morgan fingerprint density at radius 2 is 1.86 bits per heavy atom. The average Bonchev–Trinajstić information content (AvgIpc) is 2.25. The lowest BCUT2D eigenvalue weighted by Gasteiger charge is -2.05. The minimum Gasteiger partial charge on any atom is -0.491 e. The molecule has 0 bridgehead atoms. The van der Waals surface area contributed by atoms with Crippen LogP contribution in [0.4, 0.5) is 0 Å². The van der Waals surface area contributed by atoms with E-state index in [1.165, 1.54) is 5.56 Å². The van der Waals surface area contributed by atoms with Gasteiger partial charge in [0.15, 0.2) is 0 Å². The molecule has 78 valence electrons. The van der Waals surface area contributed by atoms with E-state index in [0.29, 0.717) is 6.61 Å². The van der Waals surface area contributed by atoms with Gasteiger partial charge in [-0.25, -0.2) is 0 Å². The lowest BCUT2D eigenvalue weighted by molar-refractivity contribution is 0.200. The second-order valence-corrected chi connectivity index (χ2v) is 2.96. The Kier molecular flexibility index (Phi) is 5.04. The van der Waals surface area contributed by atoms with Crippen LogP contribution in [0.2, 0.25) is 0 Å². The van der Waals surface area contributed by atoms with Gasteiger partial charge in [0, 0.05) is 7.11 Å². The largest absolute Gasteiger partial charge is 0.491 e. The highest BCUT2D eigenvalue weighted by Crippen LogP contribution is 2.12. The smallest absolute Gasteiger partial charge is 0.119 e. The molecule has 0 saturated heterocycles. The molecule has 0 aromatic heterocycles. The van der Waals surface area contributed by atoms with Crippen molar-refractivity contribution in [2.45, 2.75) is 6.42 Å². The number of hydrogen-bond donors (Lipinski definition) is 1. The molecule has 1 aromatic rings. The molecule has 0 saturated carbocycles. The highest BCUT2D eigenvalue weighted by atomic mass is 16.5. The van der Waals surface area contributed by atoms with Crippen molar-refractivity contribution in [3.05, 3.63) is 29.8 Å². The van der Waals surface area contributed by atoms with Crippen LogP contribution in [0.5, 0.6) is 5.75 Å². The standard InChI is InChI=1S/C11H16O3/c1-13-8-6-10-2-4-11(5-3-10)14-9-7-12/h2-5,12H,6-9H2,1H3. The maximum absolute atomic E-state index is 8.56. The maximum Gasteiger partial charge on any atom is 0.119 e. The first-order valence-electron chi connectivity index (χ1n) is 4.68. The molecular weight excluding hydrogens is 180 g/mol. The molecule has 14 heavy (non-hydrogen) atoms. The molecule has 0 fully saturated rings. The number of aliphatic hydroxyl groups excluding tert-OH is 1. The fourth-order valence-corrected chi connectivity index (χ4v) is 1.14. The van der Waals surface area contributed by atoms with Gasteiger partial charge in [-0.1, -0.05) is 12.1 Å². The third-order valence-electron chi connectivity index (χ3n) is 1.88. The summed E-state index contributed by atoms with van der Waals surface area (Å²) in [4.78, 5) is 0. The number of ether oxygens (including phenoxy) is 2. The molecule has 0 aliphatic heterocycles. The molecule has 0 radical (unpaired) electrons.